The maximum atomic E-state index is 11.4. The number of hydrogen-bond donors (Lipinski definition) is 3. The van der Waals surface area contributed by atoms with Crippen LogP contribution in [-0.2, 0) is 9.59 Å². The van der Waals surface area contributed by atoms with Crippen LogP contribution in [0.2, 0.25) is 0 Å². The summed E-state index contributed by atoms with van der Waals surface area (Å²) in [6, 6.07) is 0.221. The Hall–Kier alpha value is -0.240. The van der Waals surface area contributed by atoms with Crippen molar-refractivity contribution < 1.29 is 14.7 Å². The second-order valence-electron chi connectivity index (χ2n) is 4.97. The molecule has 0 aliphatic carbocycles. The molecule has 5 nitrogen and oxygen atoms in total. The Morgan fingerprint density at radius 3 is 2.16 bits per heavy atom. The van der Waals surface area contributed by atoms with Crippen molar-refractivity contribution in [2.45, 2.75) is 52.2 Å². The molecule has 0 atom stereocenters. The van der Waals surface area contributed by atoms with E-state index in [1.54, 1.807) is 21.6 Å². The van der Waals surface area contributed by atoms with Gasteiger partial charge in [-0.1, -0.05) is 21.6 Å². The molecule has 0 fully saturated rings. The van der Waals surface area contributed by atoms with Crippen LogP contribution >= 0.6 is 21.6 Å². The van der Waals surface area contributed by atoms with Crippen molar-refractivity contribution in [2.24, 2.45) is 0 Å². The summed E-state index contributed by atoms with van der Waals surface area (Å²) in [7, 11) is 3.11. The van der Waals surface area contributed by atoms with Gasteiger partial charge in [-0.15, -0.1) is 0 Å². The Balaban J connectivity index is 3.46. The van der Waals surface area contributed by atoms with Crippen molar-refractivity contribution in [1.82, 2.24) is 10.9 Å². The van der Waals surface area contributed by atoms with Crippen LogP contribution in [0.3, 0.4) is 0 Å². The number of aliphatic hydroxyl groups is 1. The van der Waals surface area contributed by atoms with E-state index in [9.17, 15) is 14.7 Å². The zero-order chi connectivity index (χ0) is 14.9. The normalized spacial score (nSPS) is 11.7. The van der Waals surface area contributed by atoms with Crippen molar-refractivity contribution in [3.8, 4) is 0 Å². The number of hydrazine groups is 1. The van der Waals surface area contributed by atoms with E-state index in [1.165, 1.54) is 13.8 Å². The first-order chi connectivity index (χ1) is 8.73. The highest BCUT2D eigenvalue weighted by Gasteiger charge is 2.22. The van der Waals surface area contributed by atoms with E-state index in [0.717, 1.165) is 0 Å². The maximum absolute atomic E-state index is 11.4. The Morgan fingerprint density at radius 2 is 1.68 bits per heavy atom. The Labute approximate surface area is 123 Å². The zero-order valence-corrected chi connectivity index (χ0v) is 13.6. The second-order valence-corrected chi connectivity index (χ2v) is 7.68. The number of nitrogens with one attached hydrogen (secondary N) is 2. The fraction of sp³-hybridized carbons (Fsp3) is 0.833. The summed E-state index contributed by atoms with van der Waals surface area (Å²) in [5, 5.41) is 9.44. The van der Waals surface area contributed by atoms with Gasteiger partial charge in [-0.3, -0.25) is 15.0 Å². The predicted octanol–water partition coefficient (Wildman–Crippen LogP) is 1.52. The molecule has 0 radical (unpaired) electrons. The minimum Gasteiger partial charge on any atom is -0.383 e. The fourth-order valence-electron chi connectivity index (χ4n) is 0.980. The lowest BCUT2D eigenvalue weighted by atomic mass is 10.0. The standard InChI is InChI=1S/C12H24N2O3S2/c1-9(2)13-14-11(16)6-8-19-18-7-5-10(15)12(3,4)17/h9,13,17H,5-8H2,1-4H3,(H,14,16). The van der Waals surface area contributed by atoms with E-state index < -0.39 is 5.60 Å². The largest absolute Gasteiger partial charge is 0.383 e. The van der Waals surface area contributed by atoms with Gasteiger partial charge in [0.25, 0.3) is 0 Å². The Kier molecular flexibility index (Phi) is 9.51. The lowest BCUT2D eigenvalue weighted by Crippen LogP contribution is -2.41. The number of hydrogen-bond acceptors (Lipinski definition) is 6. The number of carbonyl (C=O) groups excluding carboxylic acids is 2. The van der Waals surface area contributed by atoms with Crippen LogP contribution in [0.25, 0.3) is 0 Å². The Bertz CT molecular complexity index is 291. The van der Waals surface area contributed by atoms with Crippen molar-refractivity contribution in [2.75, 3.05) is 11.5 Å². The average molecular weight is 308 g/mol. The monoisotopic (exact) mass is 308 g/mol. The van der Waals surface area contributed by atoms with Gasteiger partial charge in [-0.2, -0.15) is 0 Å². The van der Waals surface area contributed by atoms with Crippen LogP contribution in [-0.4, -0.2) is 39.9 Å². The second kappa shape index (κ2) is 9.63. The predicted molar refractivity (Wildman–Crippen MR) is 81.9 cm³/mol. The molecule has 0 aromatic carbocycles. The number of amides is 1. The summed E-state index contributed by atoms with van der Waals surface area (Å²) >= 11 is 0. The first-order valence-corrected chi connectivity index (χ1v) is 8.76. The van der Waals surface area contributed by atoms with Crippen LogP contribution in [0.4, 0.5) is 0 Å². The molecule has 0 saturated heterocycles. The summed E-state index contributed by atoms with van der Waals surface area (Å²) in [6.45, 7) is 6.90. The summed E-state index contributed by atoms with van der Waals surface area (Å²) in [4.78, 5) is 22.7. The average Bonchev–Trinajstić information content (AvgIpc) is 2.29. The molecule has 7 heteroatoms. The van der Waals surface area contributed by atoms with Crippen LogP contribution in [0.5, 0.6) is 0 Å². The molecular weight excluding hydrogens is 284 g/mol. The molecule has 0 unspecified atom stereocenters. The third-order valence-corrected chi connectivity index (χ3v) is 4.50. The Morgan fingerprint density at radius 1 is 1.16 bits per heavy atom. The van der Waals surface area contributed by atoms with E-state index in [4.69, 9.17) is 0 Å². The highest BCUT2D eigenvalue weighted by molar-refractivity contribution is 8.76. The van der Waals surface area contributed by atoms with E-state index in [2.05, 4.69) is 10.9 Å². The molecular formula is C12H24N2O3S2. The first-order valence-electron chi connectivity index (χ1n) is 6.28. The van der Waals surface area contributed by atoms with Crippen LogP contribution < -0.4 is 10.9 Å². The van der Waals surface area contributed by atoms with Crippen LogP contribution in [0.1, 0.15) is 40.5 Å². The van der Waals surface area contributed by atoms with Gasteiger partial charge in [0.1, 0.15) is 5.60 Å². The molecule has 0 aliphatic heterocycles. The van der Waals surface area contributed by atoms with Gasteiger partial charge in [0, 0.05) is 30.4 Å². The summed E-state index contributed by atoms with van der Waals surface area (Å²) in [5.41, 5.74) is 4.21. The topological polar surface area (TPSA) is 78.4 Å². The van der Waals surface area contributed by atoms with Crippen molar-refractivity contribution in [3.05, 3.63) is 0 Å². The zero-order valence-electron chi connectivity index (χ0n) is 12.0. The number of ketones is 1. The van der Waals surface area contributed by atoms with Gasteiger partial charge >= 0.3 is 0 Å². The fourth-order valence-corrected chi connectivity index (χ4v) is 2.96. The molecule has 0 aromatic rings. The van der Waals surface area contributed by atoms with Gasteiger partial charge in [-0.05, 0) is 27.7 Å². The third-order valence-electron chi connectivity index (χ3n) is 2.09. The van der Waals surface area contributed by atoms with E-state index in [1.807, 2.05) is 13.8 Å². The lowest BCUT2D eigenvalue weighted by Gasteiger charge is -2.14. The van der Waals surface area contributed by atoms with Gasteiger partial charge in [0.2, 0.25) is 5.91 Å². The number of carbonyl (C=O) groups is 2. The molecule has 0 aliphatic rings. The van der Waals surface area contributed by atoms with Gasteiger partial charge in [0.05, 0.1) is 0 Å². The van der Waals surface area contributed by atoms with Crippen molar-refractivity contribution >= 4 is 33.3 Å². The molecule has 0 bridgehead atoms. The van der Waals surface area contributed by atoms with Crippen molar-refractivity contribution in [1.29, 1.82) is 0 Å². The first kappa shape index (κ1) is 18.8. The molecule has 0 aromatic heterocycles. The van der Waals surface area contributed by atoms with Gasteiger partial charge in [0.15, 0.2) is 5.78 Å². The molecule has 19 heavy (non-hydrogen) atoms. The highest BCUT2D eigenvalue weighted by Crippen LogP contribution is 2.23. The summed E-state index contributed by atoms with van der Waals surface area (Å²) < 4.78 is 0. The van der Waals surface area contributed by atoms with Crippen LogP contribution in [0.15, 0.2) is 0 Å². The maximum Gasteiger partial charge on any atom is 0.234 e. The van der Waals surface area contributed by atoms with Gasteiger partial charge in [-0.25, -0.2) is 5.43 Å². The SMILES string of the molecule is CC(C)NNC(=O)CCSSCCC(=O)C(C)(C)O. The van der Waals surface area contributed by atoms with E-state index in [-0.39, 0.29) is 17.7 Å². The summed E-state index contributed by atoms with van der Waals surface area (Å²) in [6.07, 6.45) is 0.791. The number of Topliss-reactive ketones (excluding diaryl/α,β-unsaturated/α-hetero) is 1. The minimum atomic E-state index is -1.24. The van der Waals surface area contributed by atoms with Gasteiger partial charge < -0.3 is 5.11 Å². The molecule has 3 N–H and O–H groups in total. The summed E-state index contributed by atoms with van der Waals surface area (Å²) in [5.74, 6) is 1.17. The van der Waals surface area contributed by atoms with Crippen molar-refractivity contribution in [3.63, 3.8) is 0 Å². The smallest absolute Gasteiger partial charge is 0.234 e. The van der Waals surface area contributed by atoms with E-state index in [0.29, 0.717) is 24.3 Å². The van der Waals surface area contributed by atoms with E-state index >= 15 is 0 Å². The molecule has 0 saturated carbocycles. The number of rotatable bonds is 10. The molecule has 1 amide bonds. The highest BCUT2D eigenvalue weighted by atomic mass is 33.1. The van der Waals surface area contributed by atoms with Crippen LogP contribution in [0, 0.1) is 0 Å². The third kappa shape index (κ3) is 11.3. The molecule has 112 valence electrons. The quantitative estimate of drug-likeness (QED) is 0.323. The minimum absolute atomic E-state index is 0.0330. The molecule has 0 spiro atoms. The molecule has 0 heterocycles. The lowest BCUT2D eigenvalue weighted by molar-refractivity contribution is -0.133. The molecule has 0 rings (SSSR count).